The lowest BCUT2D eigenvalue weighted by atomic mass is 9.90. The van der Waals surface area contributed by atoms with Crippen molar-refractivity contribution in [2.24, 2.45) is 11.8 Å². The molecule has 0 bridgehead atoms. The molecule has 1 aliphatic carbocycles. The summed E-state index contributed by atoms with van der Waals surface area (Å²) in [7, 11) is 0. The van der Waals surface area contributed by atoms with Crippen molar-refractivity contribution in [2.75, 3.05) is 6.61 Å². The van der Waals surface area contributed by atoms with Gasteiger partial charge in [-0.15, -0.1) is 11.3 Å². The molecule has 1 aromatic carbocycles. The number of carbonyl (C=O) groups is 2. The molecule has 4 atom stereocenters. The van der Waals surface area contributed by atoms with Gasteiger partial charge in [0.25, 0.3) is 0 Å². The van der Waals surface area contributed by atoms with Crippen molar-refractivity contribution in [2.45, 2.75) is 69.7 Å². The minimum Gasteiger partial charge on any atom is -0.353 e. The number of benzene rings is 1. The third-order valence-corrected chi connectivity index (χ3v) is 7.91. The lowest BCUT2D eigenvalue weighted by Crippen LogP contribution is -2.30. The number of carbonyl (C=O) groups excluding carboxylic acids is 2. The Balaban J connectivity index is 1.51. The zero-order valence-corrected chi connectivity index (χ0v) is 20.6. The zero-order chi connectivity index (χ0) is 24.7. The highest BCUT2D eigenvalue weighted by Crippen LogP contribution is 2.41. The van der Waals surface area contributed by atoms with Crippen molar-refractivity contribution >= 4 is 33.5 Å². The second kappa shape index (κ2) is 12.2. The molecule has 188 valence electrons. The van der Waals surface area contributed by atoms with Crippen LogP contribution in [0.3, 0.4) is 0 Å². The van der Waals surface area contributed by atoms with Gasteiger partial charge >= 0.3 is 5.92 Å². The first-order valence-electron chi connectivity index (χ1n) is 12.4. The molecule has 1 aromatic heterocycles. The average Bonchev–Trinajstić information content (AvgIpc) is 3.42. The predicted molar refractivity (Wildman–Crippen MR) is 134 cm³/mol. The van der Waals surface area contributed by atoms with E-state index in [1.807, 2.05) is 36.4 Å². The molecule has 2 heterocycles. The molecule has 0 radical (unpaired) electrons. The van der Waals surface area contributed by atoms with E-state index in [2.05, 4.69) is 0 Å². The zero-order valence-electron chi connectivity index (χ0n) is 19.7. The number of allylic oxidation sites excluding steroid dienone is 3. The van der Waals surface area contributed by atoms with Crippen LogP contribution < -0.4 is 0 Å². The maximum absolute atomic E-state index is 15.2. The first-order chi connectivity index (χ1) is 17.0. The Morgan fingerprint density at radius 1 is 1.17 bits per heavy atom. The number of ether oxygens (including phenoxy) is 2. The molecule has 7 heteroatoms. The van der Waals surface area contributed by atoms with Crippen LogP contribution in [0.15, 0.2) is 54.6 Å². The molecule has 35 heavy (non-hydrogen) atoms. The van der Waals surface area contributed by atoms with Gasteiger partial charge in [0.05, 0.1) is 11.0 Å². The van der Waals surface area contributed by atoms with Crippen molar-refractivity contribution in [1.82, 2.24) is 0 Å². The smallest absolute Gasteiger partial charge is 0.300 e. The second-order valence-corrected chi connectivity index (χ2v) is 10.3. The molecule has 0 N–H and O–H groups in total. The number of alkyl halides is 2. The number of halogens is 2. The number of thiophene rings is 1. The van der Waals surface area contributed by atoms with E-state index in [1.54, 1.807) is 0 Å². The van der Waals surface area contributed by atoms with Gasteiger partial charge in [-0.2, -0.15) is 8.78 Å². The maximum Gasteiger partial charge on any atom is 0.300 e. The summed E-state index contributed by atoms with van der Waals surface area (Å²) >= 11 is 1.09. The van der Waals surface area contributed by atoms with Crippen LogP contribution in [0.2, 0.25) is 0 Å². The van der Waals surface area contributed by atoms with Crippen LogP contribution in [-0.4, -0.2) is 31.1 Å². The predicted octanol–water partition coefficient (Wildman–Crippen LogP) is 6.98. The molecule has 1 aliphatic heterocycles. The first kappa shape index (κ1) is 25.9. The van der Waals surface area contributed by atoms with Crippen LogP contribution >= 0.6 is 11.3 Å². The van der Waals surface area contributed by atoms with Crippen LogP contribution in [0, 0.1) is 11.8 Å². The number of unbranched alkanes of at least 4 members (excludes halogenated alkanes) is 2. The highest BCUT2D eigenvalue weighted by Gasteiger charge is 2.43. The number of hydrogen-bond donors (Lipinski definition) is 0. The summed E-state index contributed by atoms with van der Waals surface area (Å²) < 4.78 is 43.1. The monoisotopic (exact) mass is 502 g/mol. The van der Waals surface area contributed by atoms with Crippen molar-refractivity contribution in [3.63, 3.8) is 0 Å². The summed E-state index contributed by atoms with van der Waals surface area (Å²) in [6.07, 6.45) is 11.7. The van der Waals surface area contributed by atoms with Crippen molar-refractivity contribution in [3.8, 4) is 0 Å². The van der Waals surface area contributed by atoms with Crippen LogP contribution in [0.1, 0.15) is 56.2 Å². The van der Waals surface area contributed by atoms with E-state index in [1.165, 1.54) is 12.1 Å². The molecule has 1 saturated heterocycles. The minimum absolute atomic E-state index is 0.0148. The molecular formula is C28H32F2O4S. The fourth-order valence-corrected chi connectivity index (χ4v) is 5.82. The number of hydrogen-bond acceptors (Lipinski definition) is 5. The highest BCUT2D eigenvalue weighted by atomic mass is 32.1. The molecule has 1 unspecified atom stereocenters. The van der Waals surface area contributed by atoms with E-state index in [9.17, 15) is 9.59 Å². The first-order valence-corrected chi connectivity index (χ1v) is 13.2. The Hall–Kier alpha value is -2.22. The van der Waals surface area contributed by atoms with Gasteiger partial charge in [0.2, 0.25) is 0 Å². The van der Waals surface area contributed by atoms with E-state index in [4.69, 9.17) is 9.47 Å². The van der Waals surface area contributed by atoms with Crippen molar-refractivity contribution in [3.05, 3.63) is 59.5 Å². The summed E-state index contributed by atoms with van der Waals surface area (Å²) in [6.45, 7) is 0.614. The third-order valence-electron chi connectivity index (χ3n) is 6.71. The summed E-state index contributed by atoms with van der Waals surface area (Å²) in [5.41, 5.74) is 0. The Kier molecular flexibility index (Phi) is 8.98. The molecule has 0 amide bonds. The van der Waals surface area contributed by atoms with E-state index < -0.39 is 30.2 Å². The largest absolute Gasteiger partial charge is 0.353 e. The van der Waals surface area contributed by atoms with Gasteiger partial charge in [0.1, 0.15) is 12.1 Å². The van der Waals surface area contributed by atoms with E-state index in [-0.39, 0.29) is 17.1 Å². The van der Waals surface area contributed by atoms with Crippen LogP contribution in [0.25, 0.3) is 10.1 Å². The van der Waals surface area contributed by atoms with Gasteiger partial charge in [-0.25, -0.2) is 0 Å². The quantitative estimate of drug-likeness (QED) is 0.189. The molecule has 0 spiro atoms. The summed E-state index contributed by atoms with van der Waals surface area (Å²) in [5.74, 6) is -3.98. The summed E-state index contributed by atoms with van der Waals surface area (Å²) in [5, 5.41) is 0.796. The standard InChI is InChI=1S/C28H32F2O4S/c29-28(30,26-18-20-10-5-6-12-25(20)35-26)15-14-22-21(11-4-2-1-3-8-16-31)23(32)19-24(22)34-27-13-7-9-17-33-27/h2,4-6,10,12,14-16,18,21-22,24,27H,1,3,7-9,11,13,17,19H2/b4-2-,15-14+/t21-,22-,24-,27?/m1/s1. The van der Waals surface area contributed by atoms with Gasteiger partial charge in [-0.1, -0.05) is 36.4 Å². The van der Waals surface area contributed by atoms with Crippen molar-refractivity contribution < 1.29 is 27.8 Å². The lowest BCUT2D eigenvalue weighted by Gasteiger charge is -2.28. The van der Waals surface area contributed by atoms with Crippen LogP contribution in [0.5, 0.6) is 0 Å². The van der Waals surface area contributed by atoms with Gasteiger partial charge in [-0.05, 0) is 62.1 Å². The Morgan fingerprint density at radius 2 is 2.03 bits per heavy atom. The van der Waals surface area contributed by atoms with Gasteiger partial charge in [0.15, 0.2) is 6.29 Å². The minimum atomic E-state index is -3.14. The number of rotatable bonds is 11. The van der Waals surface area contributed by atoms with Crippen LogP contribution in [-0.2, 0) is 25.0 Å². The molecule has 2 aromatic rings. The fourth-order valence-electron chi connectivity index (χ4n) is 4.80. The molecule has 4 nitrogen and oxygen atoms in total. The van der Waals surface area contributed by atoms with Crippen LogP contribution in [0.4, 0.5) is 8.78 Å². The van der Waals surface area contributed by atoms with E-state index in [0.29, 0.717) is 19.4 Å². The van der Waals surface area contributed by atoms with E-state index in [0.717, 1.165) is 65.9 Å². The maximum atomic E-state index is 15.2. The fraction of sp³-hybridized carbons (Fsp3) is 0.500. The van der Waals surface area contributed by atoms with Gasteiger partial charge in [-0.3, -0.25) is 4.79 Å². The third kappa shape index (κ3) is 6.72. The average molecular weight is 503 g/mol. The van der Waals surface area contributed by atoms with Crippen molar-refractivity contribution in [1.29, 1.82) is 0 Å². The highest BCUT2D eigenvalue weighted by molar-refractivity contribution is 7.19. The number of Topliss-reactive ketones (excluding diaryl/α,β-unsaturated/α-hetero) is 1. The summed E-state index contributed by atoms with van der Waals surface area (Å²) in [4.78, 5) is 23.4. The molecule has 1 saturated carbocycles. The molecular weight excluding hydrogens is 470 g/mol. The molecule has 2 aliphatic rings. The van der Waals surface area contributed by atoms with Gasteiger partial charge < -0.3 is 14.3 Å². The Bertz CT molecular complexity index is 1020. The summed E-state index contributed by atoms with van der Waals surface area (Å²) in [6, 6.07) is 8.88. The Morgan fingerprint density at radius 3 is 2.80 bits per heavy atom. The topological polar surface area (TPSA) is 52.6 Å². The SMILES string of the molecule is O=CCCC/C=C\C[C@H]1C(=O)C[C@@H](OC2CCCCO2)[C@@H]1/C=C/C(F)(F)c1cc2ccccc2s1. The number of fused-ring (bicyclic) bond motifs is 1. The van der Waals surface area contributed by atoms with Gasteiger partial charge in [0, 0.05) is 36.0 Å². The lowest BCUT2D eigenvalue weighted by molar-refractivity contribution is -0.192. The number of ketones is 1. The Labute approximate surface area is 209 Å². The molecule has 4 rings (SSSR count). The number of aldehydes is 1. The molecule has 2 fully saturated rings. The normalized spacial score (nSPS) is 25.8. The van der Waals surface area contributed by atoms with E-state index >= 15 is 8.78 Å². The second-order valence-electron chi connectivity index (χ2n) is 9.26.